The zero-order chi connectivity index (χ0) is 25.0. The molecule has 0 radical (unpaired) electrons. The van der Waals surface area contributed by atoms with Crippen molar-refractivity contribution in [1.82, 2.24) is 0 Å². The molecule has 0 bridgehead atoms. The number of rotatable bonds is 3. The lowest BCUT2D eigenvalue weighted by molar-refractivity contribution is -0.137. The van der Waals surface area contributed by atoms with Gasteiger partial charge in [-0.1, -0.05) is 6.08 Å². The minimum atomic E-state index is -4.78. The molecule has 0 aliphatic carbocycles. The standard InChI is InChI=1S/C24H18F3N3O4S/c25-24(26,27)19-10-16(3-1-15(19)11-28)29-21(32)23(7-8-33-13-23)30(22(29)35)17-4-6-20-14(9-17)2-5-18(12-31)34-20/h1-6,9-10,18,31H,7-8,12-13H2/t18-,23+/m0/s1. The molecular formula is C24H18F3N3O4S. The number of thiocarbonyl (C=S) groups is 1. The second-order valence-corrected chi connectivity index (χ2v) is 8.72. The Morgan fingerprint density at radius 1 is 1.23 bits per heavy atom. The normalized spacial score (nSPS) is 23.6. The Morgan fingerprint density at radius 3 is 2.66 bits per heavy atom. The van der Waals surface area contributed by atoms with E-state index >= 15 is 0 Å². The molecule has 1 amide bonds. The number of hydrogen-bond donors (Lipinski definition) is 1. The number of halogens is 3. The molecule has 7 nitrogen and oxygen atoms in total. The van der Waals surface area contributed by atoms with Crippen LogP contribution >= 0.6 is 12.2 Å². The molecule has 2 saturated heterocycles. The van der Waals surface area contributed by atoms with E-state index in [1.807, 2.05) is 0 Å². The van der Waals surface area contributed by atoms with Crippen molar-refractivity contribution >= 4 is 40.7 Å². The number of benzene rings is 2. The lowest BCUT2D eigenvalue weighted by atomic mass is 9.95. The van der Waals surface area contributed by atoms with Gasteiger partial charge in [0, 0.05) is 24.3 Å². The topological polar surface area (TPSA) is 86.0 Å². The fourth-order valence-electron chi connectivity index (χ4n) is 4.59. The van der Waals surface area contributed by atoms with Crippen molar-refractivity contribution in [2.75, 3.05) is 29.6 Å². The highest BCUT2D eigenvalue weighted by Crippen LogP contribution is 2.44. The van der Waals surface area contributed by atoms with Crippen LogP contribution in [0.25, 0.3) is 6.08 Å². The van der Waals surface area contributed by atoms with Gasteiger partial charge in [0.2, 0.25) is 0 Å². The van der Waals surface area contributed by atoms with E-state index < -0.39 is 34.9 Å². The van der Waals surface area contributed by atoms with Crippen LogP contribution in [0.15, 0.2) is 42.5 Å². The number of hydrogen-bond acceptors (Lipinski definition) is 6. The van der Waals surface area contributed by atoms with E-state index in [0.29, 0.717) is 23.4 Å². The molecule has 2 aromatic carbocycles. The average molecular weight is 501 g/mol. The van der Waals surface area contributed by atoms with Gasteiger partial charge in [0.1, 0.15) is 11.9 Å². The summed E-state index contributed by atoms with van der Waals surface area (Å²) < 4.78 is 52.0. The first kappa shape index (κ1) is 23.3. The molecule has 35 heavy (non-hydrogen) atoms. The molecule has 3 heterocycles. The van der Waals surface area contributed by atoms with E-state index in [-0.39, 0.29) is 30.6 Å². The molecule has 1 spiro atoms. The maximum absolute atomic E-state index is 13.7. The number of nitrogens with zero attached hydrogens (tertiary/aromatic N) is 3. The SMILES string of the molecule is N#Cc1ccc(N2C(=O)[C@]3(CCOC3)N(c3ccc4c(c3)C=C[C@@H](CO)O4)C2=S)cc1C(F)(F)F. The Bertz CT molecular complexity index is 1300. The molecule has 2 fully saturated rings. The summed E-state index contributed by atoms with van der Waals surface area (Å²) in [5.74, 6) is 0.0462. The van der Waals surface area contributed by atoms with Gasteiger partial charge in [-0.3, -0.25) is 9.69 Å². The number of anilines is 2. The quantitative estimate of drug-likeness (QED) is 0.643. The third kappa shape index (κ3) is 3.65. The van der Waals surface area contributed by atoms with Gasteiger partial charge in [0.25, 0.3) is 5.91 Å². The number of aliphatic hydroxyl groups is 1. The Labute approximate surface area is 203 Å². The van der Waals surface area contributed by atoms with Crippen LogP contribution in [0, 0.1) is 11.3 Å². The molecule has 5 rings (SSSR count). The van der Waals surface area contributed by atoms with Crippen LogP contribution in [0.1, 0.15) is 23.1 Å². The first-order valence-corrected chi connectivity index (χ1v) is 11.1. The Kier molecular flexibility index (Phi) is 5.55. The number of ether oxygens (including phenoxy) is 2. The highest BCUT2D eigenvalue weighted by Gasteiger charge is 2.58. The minimum Gasteiger partial charge on any atom is -0.483 e. The highest BCUT2D eigenvalue weighted by atomic mass is 32.1. The van der Waals surface area contributed by atoms with Crippen molar-refractivity contribution in [2.24, 2.45) is 0 Å². The molecule has 180 valence electrons. The fraction of sp³-hybridized carbons (Fsp3) is 0.292. The number of carbonyl (C=O) groups is 1. The average Bonchev–Trinajstić information content (AvgIpc) is 3.41. The van der Waals surface area contributed by atoms with E-state index in [2.05, 4.69) is 0 Å². The number of fused-ring (bicyclic) bond motifs is 1. The predicted molar refractivity (Wildman–Crippen MR) is 124 cm³/mol. The van der Waals surface area contributed by atoms with Gasteiger partial charge in [-0.2, -0.15) is 18.4 Å². The summed E-state index contributed by atoms with van der Waals surface area (Å²) in [5.41, 5.74) is -1.73. The Balaban J connectivity index is 1.59. The summed E-state index contributed by atoms with van der Waals surface area (Å²) in [6.07, 6.45) is -1.46. The predicted octanol–water partition coefficient (Wildman–Crippen LogP) is 3.64. The first-order chi connectivity index (χ1) is 16.7. The van der Waals surface area contributed by atoms with E-state index in [1.54, 1.807) is 41.3 Å². The zero-order valence-electron chi connectivity index (χ0n) is 18.1. The maximum atomic E-state index is 13.7. The minimum absolute atomic E-state index is 0.00669. The van der Waals surface area contributed by atoms with E-state index in [9.17, 15) is 23.1 Å². The zero-order valence-corrected chi connectivity index (χ0v) is 18.9. The van der Waals surface area contributed by atoms with E-state index in [4.69, 9.17) is 27.0 Å². The molecule has 1 N–H and O–H groups in total. The maximum Gasteiger partial charge on any atom is 0.417 e. The van der Waals surface area contributed by atoms with Gasteiger partial charge >= 0.3 is 6.18 Å². The van der Waals surface area contributed by atoms with Gasteiger partial charge < -0.3 is 19.5 Å². The molecule has 2 atom stereocenters. The summed E-state index contributed by atoms with van der Waals surface area (Å²) in [6, 6.07) is 9.79. The summed E-state index contributed by atoms with van der Waals surface area (Å²) in [6.45, 7) is 0.120. The molecule has 0 unspecified atom stereocenters. The number of amides is 1. The molecular weight excluding hydrogens is 483 g/mol. The van der Waals surface area contributed by atoms with Crippen molar-refractivity contribution in [3.8, 4) is 11.8 Å². The van der Waals surface area contributed by atoms with Gasteiger partial charge in [0.05, 0.1) is 36.1 Å². The molecule has 3 aliphatic rings. The summed E-state index contributed by atoms with van der Waals surface area (Å²) in [7, 11) is 0. The van der Waals surface area contributed by atoms with Crippen molar-refractivity contribution in [3.63, 3.8) is 0 Å². The number of alkyl halides is 3. The van der Waals surface area contributed by atoms with Gasteiger partial charge in [0.15, 0.2) is 10.7 Å². The molecule has 0 aromatic heterocycles. The summed E-state index contributed by atoms with van der Waals surface area (Å²) in [5, 5.41) is 18.5. The first-order valence-electron chi connectivity index (χ1n) is 10.7. The van der Waals surface area contributed by atoms with Crippen LogP contribution in [0.2, 0.25) is 0 Å². The monoisotopic (exact) mass is 501 g/mol. The largest absolute Gasteiger partial charge is 0.483 e. The van der Waals surface area contributed by atoms with E-state index in [0.717, 1.165) is 17.0 Å². The highest BCUT2D eigenvalue weighted by molar-refractivity contribution is 7.81. The van der Waals surface area contributed by atoms with Crippen molar-refractivity contribution in [3.05, 3.63) is 59.2 Å². The van der Waals surface area contributed by atoms with Crippen molar-refractivity contribution in [1.29, 1.82) is 5.26 Å². The van der Waals surface area contributed by atoms with Crippen LogP contribution in [-0.2, 0) is 15.7 Å². The molecule has 2 aromatic rings. The Hall–Kier alpha value is -3.46. The lowest BCUT2D eigenvalue weighted by Crippen LogP contribution is -2.50. The summed E-state index contributed by atoms with van der Waals surface area (Å²) in [4.78, 5) is 16.4. The Morgan fingerprint density at radius 2 is 2.00 bits per heavy atom. The number of aliphatic hydroxyl groups excluding tert-OH is 1. The smallest absolute Gasteiger partial charge is 0.417 e. The number of carbonyl (C=O) groups excluding carboxylic acids is 1. The molecule has 3 aliphatic heterocycles. The second-order valence-electron chi connectivity index (χ2n) is 8.35. The van der Waals surface area contributed by atoms with Crippen LogP contribution < -0.4 is 14.5 Å². The van der Waals surface area contributed by atoms with Crippen molar-refractivity contribution in [2.45, 2.75) is 24.2 Å². The fourth-order valence-corrected chi connectivity index (χ4v) is 5.05. The van der Waals surface area contributed by atoms with Crippen LogP contribution in [0.3, 0.4) is 0 Å². The summed E-state index contributed by atoms with van der Waals surface area (Å²) >= 11 is 5.65. The third-order valence-corrected chi connectivity index (χ3v) is 6.67. The molecule has 0 saturated carbocycles. The molecule has 11 heteroatoms. The van der Waals surface area contributed by atoms with Gasteiger partial charge in [-0.05, 0) is 54.7 Å². The second kappa shape index (κ2) is 8.34. The van der Waals surface area contributed by atoms with Crippen LogP contribution in [0.4, 0.5) is 24.5 Å². The number of nitriles is 1. The van der Waals surface area contributed by atoms with Crippen LogP contribution in [0.5, 0.6) is 5.75 Å². The van der Waals surface area contributed by atoms with Gasteiger partial charge in [-0.15, -0.1) is 0 Å². The third-order valence-electron chi connectivity index (χ3n) is 6.30. The van der Waals surface area contributed by atoms with E-state index in [1.165, 1.54) is 6.07 Å². The van der Waals surface area contributed by atoms with Gasteiger partial charge in [-0.25, -0.2) is 0 Å². The van der Waals surface area contributed by atoms with Crippen LogP contribution in [-0.4, -0.2) is 47.6 Å². The lowest BCUT2D eigenvalue weighted by Gasteiger charge is -2.32. The van der Waals surface area contributed by atoms with Crippen molar-refractivity contribution < 1.29 is 32.5 Å².